The van der Waals surface area contributed by atoms with E-state index in [1.54, 1.807) is 18.5 Å². The Bertz CT molecular complexity index is 552. The Balaban J connectivity index is 2.18. The summed E-state index contributed by atoms with van der Waals surface area (Å²) in [6, 6.07) is 1.70. The molecular formula is C12H15N5O. The first-order valence-corrected chi connectivity index (χ1v) is 5.86. The number of aromatic amines is 1. The molecule has 0 saturated heterocycles. The minimum atomic E-state index is -0.137. The van der Waals surface area contributed by atoms with E-state index < -0.39 is 0 Å². The van der Waals surface area contributed by atoms with Crippen LogP contribution in [0.15, 0.2) is 29.6 Å². The average molecular weight is 245 g/mol. The summed E-state index contributed by atoms with van der Waals surface area (Å²) in [4.78, 5) is 26.6. The zero-order chi connectivity index (χ0) is 12.8. The number of nitrogens with zero attached hydrogens (tertiary/aromatic N) is 3. The van der Waals surface area contributed by atoms with Gasteiger partial charge >= 0.3 is 0 Å². The second kappa shape index (κ2) is 6.02. The van der Waals surface area contributed by atoms with Gasteiger partial charge in [0.1, 0.15) is 12.0 Å². The van der Waals surface area contributed by atoms with E-state index in [1.165, 1.54) is 6.33 Å². The van der Waals surface area contributed by atoms with Crippen LogP contribution >= 0.6 is 0 Å². The van der Waals surface area contributed by atoms with Gasteiger partial charge in [0.2, 0.25) is 0 Å². The highest BCUT2D eigenvalue weighted by Crippen LogP contribution is 2.06. The summed E-state index contributed by atoms with van der Waals surface area (Å²) in [5.41, 5.74) is 1.10. The van der Waals surface area contributed by atoms with Crippen molar-refractivity contribution in [3.63, 3.8) is 0 Å². The first-order chi connectivity index (χ1) is 8.81. The molecule has 6 nitrogen and oxygen atoms in total. The van der Waals surface area contributed by atoms with E-state index >= 15 is 0 Å². The molecule has 94 valence electrons. The fourth-order valence-corrected chi connectivity index (χ4v) is 1.51. The zero-order valence-corrected chi connectivity index (χ0v) is 10.2. The molecule has 6 heteroatoms. The SMILES string of the molecule is CCCNCc1cnc(-c2ccncn2)[nH]c1=O. The Morgan fingerprint density at radius 1 is 1.39 bits per heavy atom. The molecule has 0 spiro atoms. The molecule has 2 N–H and O–H groups in total. The summed E-state index contributed by atoms with van der Waals surface area (Å²) < 4.78 is 0. The van der Waals surface area contributed by atoms with Gasteiger partial charge in [-0.25, -0.2) is 15.0 Å². The van der Waals surface area contributed by atoms with Crippen LogP contribution < -0.4 is 10.9 Å². The Morgan fingerprint density at radius 2 is 2.28 bits per heavy atom. The Morgan fingerprint density at radius 3 is 2.94 bits per heavy atom. The van der Waals surface area contributed by atoms with Crippen molar-refractivity contribution in [2.24, 2.45) is 0 Å². The smallest absolute Gasteiger partial charge is 0.255 e. The lowest BCUT2D eigenvalue weighted by Gasteiger charge is -2.03. The molecule has 0 atom stereocenters. The van der Waals surface area contributed by atoms with Crippen LogP contribution in [0.2, 0.25) is 0 Å². The van der Waals surface area contributed by atoms with E-state index in [4.69, 9.17) is 0 Å². The number of aromatic nitrogens is 4. The van der Waals surface area contributed by atoms with E-state index in [2.05, 4.69) is 32.2 Å². The first kappa shape index (κ1) is 12.4. The minimum absolute atomic E-state index is 0.137. The molecule has 0 amide bonds. The number of H-pyrrole nitrogens is 1. The van der Waals surface area contributed by atoms with Gasteiger partial charge < -0.3 is 10.3 Å². The molecule has 2 aromatic heterocycles. The minimum Gasteiger partial charge on any atom is -0.312 e. The third-order valence-corrected chi connectivity index (χ3v) is 2.44. The molecule has 0 unspecified atom stereocenters. The quantitative estimate of drug-likeness (QED) is 0.758. The first-order valence-electron chi connectivity index (χ1n) is 5.86. The summed E-state index contributed by atoms with van der Waals surface area (Å²) in [5, 5.41) is 3.17. The molecule has 2 rings (SSSR count). The lowest BCUT2D eigenvalue weighted by molar-refractivity contribution is 0.668. The molecule has 0 aliphatic carbocycles. The Kier molecular flexibility index (Phi) is 4.14. The van der Waals surface area contributed by atoms with Gasteiger partial charge in [0.15, 0.2) is 5.82 Å². The van der Waals surface area contributed by atoms with Crippen LogP contribution in [0.1, 0.15) is 18.9 Å². The third-order valence-electron chi connectivity index (χ3n) is 2.44. The molecule has 0 bridgehead atoms. The number of nitrogens with one attached hydrogen (secondary N) is 2. The molecule has 18 heavy (non-hydrogen) atoms. The summed E-state index contributed by atoms with van der Waals surface area (Å²) in [6.45, 7) is 3.49. The fourth-order valence-electron chi connectivity index (χ4n) is 1.51. The predicted octanol–water partition coefficient (Wildman–Crippen LogP) is 0.726. The van der Waals surface area contributed by atoms with Gasteiger partial charge in [-0.3, -0.25) is 4.79 Å². The molecule has 0 saturated carbocycles. The molecule has 2 aromatic rings. The highest BCUT2D eigenvalue weighted by molar-refractivity contribution is 5.46. The van der Waals surface area contributed by atoms with Gasteiger partial charge in [0.05, 0.1) is 0 Å². The van der Waals surface area contributed by atoms with Crippen LogP contribution in [-0.4, -0.2) is 26.5 Å². The van der Waals surface area contributed by atoms with E-state index in [-0.39, 0.29) is 5.56 Å². The summed E-state index contributed by atoms with van der Waals surface area (Å²) >= 11 is 0. The largest absolute Gasteiger partial charge is 0.312 e. The number of hydrogen-bond donors (Lipinski definition) is 2. The van der Waals surface area contributed by atoms with Crippen LogP contribution in [0.3, 0.4) is 0 Å². The number of hydrogen-bond acceptors (Lipinski definition) is 5. The van der Waals surface area contributed by atoms with Crippen LogP contribution in [0.4, 0.5) is 0 Å². The second-order valence-corrected chi connectivity index (χ2v) is 3.86. The Labute approximate surface area is 105 Å². The van der Waals surface area contributed by atoms with Crippen molar-refractivity contribution >= 4 is 0 Å². The molecule has 0 aliphatic heterocycles. The predicted molar refractivity (Wildman–Crippen MR) is 67.9 cm³/mol. The lowest BCUT2D eigenvalue weighted by atomic mass is 10.3. The van der Waals surface area contributed by atoms with Gasteiger partial charge in [0.25, 0.3) is 5.56 Å². The normalized spacial score (nSPS) is 10.5. The van der Waals surface area contributed by atoms with Gasteiger partial charge in [-0.1, -0.05) is 6.92 Å². The van der Waals surface area contributed by atoms with Gasteiger partial charge in [0, 0.05) is 24.5 Å². The Hall–Kier alpha value is -2.08. The van der Waals surface area contributed by atoms with Crippen molar-refractivity contribution in [1.29, 1.82) is 0 Å². The van der Waals surface area contributed by atoms with Crippen LogP contribution in [0, 0.1) is 0 Å². The topological polar surface area (TPSA) is 83.6 Å². The van der Waals surface area contributed by atoms with Crippen LogP contribution in [0.25, 0.3) is 11.5 Å². The zero-order valence-electron chi connectivity index (χ0n) is 10.2. The molecule has 2 heterocycles. The van der Waals surface area contributed by atoms with E-state index in [1.807, 2.05) is 0 Å². The van der Waals surface area contributed by atoms with Crippen molar-refractivity contribution in [2.45, 2.75) is 19.9 Å². The molecule has 0 radical (unpaired) electrons. The van der Waals surface area contributed by atoms with Crippen molar-refractivity contribution in [3.8, 4) is 11.5 Å². The van der Waals surface area contributed by atoms with Gasteiger partial charge in [-0.05, 0) is 19.0 Å². The molecule has 0 aromatic carbocycles. The fraction of sp³-hybridized carbons (Fsp3) is 0.333. The van der Waals surface area contributed by atoms with Crippen molar-refractivity contribution in [3.05, 3.63) is 40.7 Å². The monoisotopic (exact) mass is 245 g/mol. The number of rotatable bonds is 5. The maximum atomic E-state index is 11.8. The summed E-state index contributed by atoms with van der Waals surface area (Å²) in [6.07, 6.45) is 5.65. The van der Waals surface area contributed by atoms with Crippen molar-refractivity contribution in [1.82, 2.24) is 25.3 Å². The molecular weight excluding hydrogens is 230 g/mol. The van der Waals surface area contributed by atoms with E-state index in [9.17, 15) is 4.79 Å². The van der Waals surface area contributed by atoms with E-state index in [0.717, 1.165) is 13.0 Å². The van der Waals surface area contributed by atoms with Crippen molar-refractivity contribution < 1.29 is 0 Å². The summed E-state index contributed by atoms with van der Waals surface area (Å²) in [5.74, 6) is 0.460. The second-order valence-electron chi connectivity index (χ2n) is 3.86. The van der Waals surface area contributed by atoms with Crippen LogP contribution in [0.5, 0.6) is 0 Å². The van der Waals surface area contributed by atoms with Crippen LogP contribution in [-0.2, 0) is 6.54 Å². The summed E-state index contributed by atoms with van der Waals surface area (Å²) in [7, 11) is 0. The highest BCUT2D eigenvalue weighted by Gasteiger charge is 2.04. The van der Waals surface area contributed by atoms with Gasteiger partial charge in [-0.15, -0.1) is 0 Å². The highest BCUT2D eigenvalue weighted by atomic mass is 16.1. The van der Waals surface area contributed by atoms with E-state index in [0.29, 0.717) is 23.6 Å². The molecule has 0 fully saturated rings. The standard InChI is InChI=1S/C12H15N5O/c1-2-4-13-6-9-7-15-11(17-12(9)18)10-3-5-14-8-16-10/h3,5,7-8,13H,2,4,6H2,1H3,(H,15,17,18). The average Bonchev–Trinajstić information content (AvgIpc) is 2.42. The molecule has 0 aliphatic rings. The van der Waals surface area contributed by atoms with Crippen molar-refractivity contribution in [2.75, 3.05) is 6.54 Å². The maximum absolute atomic E-state index is 11.8. The maximum Gasteiger partial charge on any atom is 0.255 e. The third kappa shape index (κ3) is 2.98. The van der Waals surface area contributed by atoms with Gasteiger partial charge in [-0.2, -0.15) is 0 Å². The lowest BCUT2D eigenvalue weighted by Crippen LogP contribution is -2.22.